The zero-order valence-electron chi connectivity index (χ0n) is 14.1. The summed E-state index contributed by atoms with van der Waals surface area (Å²) >= 11 is 0. The van der Waals surface area contributed by atoms with E-state index in [1.54, 1.807) is 4.90 Å². The monoisotopic (exact) mass is 320 g/mol. The minimum absolute atomic E-state index is 0.0925. The summed E-state index contributed by atoms with van der Waals surface area (Å²) in [5.74, 6) is 0. The molecule has 1 saturated heterocycles. The predicted molar refractivity (Wildman–Crippen MR) is 90.1 cm³/mol. The molecule has 1 heterocycles. The van der Waals surface area contributed by atoms with Crippen molar-refractivity contribution < 1.29 is 14.6 Å². The van der Waals surface area contributed by atoms with Crippen molar-refractivity contribution in [1.82, 2.24) is 9.80 Å². The van der Waals surface area contributed by atoms with E-state index in [2.05, 4.69) is 4.90 Å². The molecule has 128 valence electrons. The van der Waals surface area contributed by atoms with Crippen LogP contribution in [0.25, 0.3) is 0 Å². The fraction of sp³-hybridized carbons (Fsp3) is 0.611. The highest BCUT2D eigenvalue weighted by Crippen LogP contribution is 2.19. The van der Waals surface area contributed by atoms with Crippen LogP contribution in [0.2, 0.25) is 0 Å². The van der Waals surface area contributed by atoms with Gasteiger partial charge in [0.1, 0.15) is 6.61 Å². The van der Waals surface area contributed by atoms with Gasteiger partial charge < -0.3 is 14.7 Å². The lowest BCUT2D eigenvalue weighted by molar-refractivity contribution is 0.0713. The maximum absolute atomic E-state index is 12.4. The lowest BCUT2D eigenvalue weighted by atomic mass is 10.2. The van der Waals surface area contributed by atoms with E-state index in [-0.39, 0.29) is 18.7 Å². The minimum Gasteiger partial charge on any atom is -0.445 e. The number of hydrogen-bond acceptors (Lipinski definition) is 4. The Kier molecular flexibility index (Phi) is 6.86. The first-order valence-electron chi connectivity index (χ1n) is 8.44. The summed E-state index contributed by atoms with van der Waals surface area (Å²) < 4.78 is 5.48. The van der Waals surface area contributed by atoms with Gasteiger partial charge in [0, 0.05) is 25.2 Å². The molecule has 5 heteroatoms. The van der Waals surface area contributed by atoms with Crippen molar-refractivity contribution in [1.29, 1.82) is 0 Å². The third kappa shape index (κ3) is 5.22. The fourth-order valence-electron chi connectivity index (χ4n) is 3.05. The molecule has 23 heavy (non-hydrogen) atoms. The Morgan fingerprint density at radius 3 is 2.78 bits per heavy atom. The molecule has 0 saturated carbocycles. The number of amides is 1. The molecule has 0 bridgehead atoms. The number of hydrogen-bond donors (Lipinski definition) is 1. The van der Waals surface area contributed by atoms with Gasteiger partial charge in [-0.15, -0.1) is 0 Å². The molecule has 1 N–H and O–H groups in total. The average Bonchev–Trinajstić information content (AvgIpc) is 2.98. The Bertz CT molecular complexity index is 478. The summed E-state index contributed by atoms with van der Waals surface area (Å²) in [7, 11) is 0. The lowest BCUT2D eigenvalue weighted by Gasteiger charge is -2.32. The van der Waals surface area contributed by atoms with Crippen LogP contribution in [-0.2, 0) is 11.3 Å². The van der Waals surface area contributed by atoms with Gasteiger partial charge in [0.15, 0.2) is 0 Å². The van der Waals surface area contributed by atoms with E-state index in [9.17, 15) is 4.79 Å². The van der Waals surface area contributed by atoms with Crippen molar-refractivity contribution in [2.75, 3.05) is 26.2 Å². The van der Waals surface area contributed by atoms with Crippen molar-refractivity contribution in [3.8, 4) is 0 Å². The van der Waals surface area contributed by atoms with Gasteiger partial charge in [-0.1, -0.05) is 30.3 Å². The van der Waals surface area contributed by atoms with Gasteiger partial charge in [-0.05, 0) is 38.8 Å². The number of ether oxygens (including phenoxy) is 1. The Hall–Kier alpha value is -1.59. The maximum atomic E-state index is 12.4. The second-order valence-corrected chi connectivity index (χ2v) is 6.34. The van der Waals surface area contributed by atoms with Crippen LogP contribution in [-0.4, -0.2) is 59.3 Å². The van der Waals surface area contributed by atoms with E-state index in [0.29, 0.717) is 25.7 Å². The van der Waals surface area contributed by atoms with Crippen molar-refractivity contribution in [2.24, 2.45) is 0 Å². The Balaban J connectivity index is 1.90. The van der Waals surface area contributed by atoms with E-state index in [4.69, 9.17) is 9.84 Å². The van der Waals surface area contributed by atoms with E-state index in [0.717, 1.165) is 24.9 Å². The number of β-amino-alcohol motifs (C(OH)–C–C–N with tert-alkyl or cyclic N) is 1. The van der Waals surface area contributed by atoms with Crippen LogP contribution < -0.4 is 0 Å². The standard InChI is InChI=1S/C18H28N2O3/c1-15(2)20(13-17-9-6-10-19(17)11-12-21)18(22)23-14-16-7-4-3-5-8-16/h3-5,7-8,15,17,21H,6,9-14H2,1-2H3/t17-/m1/s1. The molecule has 0 aliphatic carbocycles. The fourth-order valence-corrected chi connectivity index (χ4v) is 3.05. The predicted octanol–water partition coefficient (Wildman–Crippen LogP) is 2.49. The molecule has 1 aromatic carbocycles. The van der Waals surface area contributed by atoms with Crippen molar-refractivity contribution in [2.45, 2.75) is 45.4 Å². The number of carbonyl (C=O) groups is 1. The van der Waals surface area contributed by atoms with Crippen molar-refractivity contribution in [3.05, 3.63) is 35.9 Å². The first kappa shape index (κ1) is 17.8. The molecular weight excluding hydrogens is 292 g/mol. The molecule has 1 amide bonds. The number of carbonyl (C=O) groups excluding carboxylic acids is 1. The topological polar surface area (TPSA) is 53.0 Å². The molecule has 0 aromatic heterocycles. The molecule has 1 aliphatic heterocycles. The number of likely N-dealkylation sites (tertiary alicyclic amines) is 1. The summed E-state index contributed by atoms with van der Waals surface area (Å²) in [4.78, 5) is 16.5. The number of aliphatic hydroxyl groups excluding tert-OH is 1. The van der Waals surface area contributed by atoms with Gasteiger partial charge in [-0.3, -0.25) is 4.90 Å². The smallest absolute Gasteiger partial charge is 0.410 e. The van der Waals surface area contributed by atoms with Gasteiger partial charge in [0.05, 0.1) is 6.61 Å². The third-order valence-corrected chi connectivity index (χ3v) is 4.36. The first-order chi connectivity index (χ1) is 11.1. The van der Waals surface area contributed by atoms with E-state index in [1.165, 1.54) is 0 Å². The highest BCUT2D eigenvalue weighted by molar-refractivity contribution is 5.68. The third-order valence-electron chi connectivity index (χ3n) is 4.36. The van der Waals surface area contributed by atoms with Gasteiger partial charge in [-0.25, -0.2) is 4.79 Å². The van der Waals surface area contributed by atoms with E-state index >= 15 is 0 Å². The summed E-state index contributed by atoms with van der Waals surface area (Å²) in [6.45, 7) is 6.81. The molecular formula is C18H28N2O3. The largest absolute Gasteiger partial charge is 0.445 e. The lowest BCUT2D eigenvalue weighted by Crippen LogP contribution is -2.46. The van der Waals surface area contributed by atoms with Gasteiger partial charge in [-0.2, -0.15) is 0 Å². The summed E-state index contributed by atoms with van der Waals surface area (Å²) in [6.07, 6.45) is 1.92. The maximum Gasteiger partial charge on any atom is 0.410 e. The summed E-state index contributed by atoms with van der Waals surface area (Å²) in [5.41, 5.74) is 0.993. The van der Waals surface area contributed by atoms with Gasteiger partial charge in [0.2, 0.25) is 0 Å². The number of aliphatic hydroxyl groups is 1. The van der Waals surface area contributed by atoms with Crippen molar-refractivity contribution >= 4 is 6.09 Å². The van der Waals surface area contributed by atoms with Crippen molar-refractivity contribution in [3.63, 3.8) is 0 Å². The second kappa shape index (κ2) is 8.89. The highest BCUT2D eigenvalue weighted by atomic mass is 16.6. The molecule has 1 fully saturated rings. The Labute approximate surface area is 138 Å². The van der Waals surface area contributed by atoms with Gasteiger partial charge in [0.25, 0.3) is 0 Å². The van der Waals surface area contributed by atoms with Crippen LogP contribution in [0.5, 0.6) is 0 Å². The highest BCUT2D eigenvalue weighted by Gasteiger charge is 2.29. The number of benzene rings is 1. The minimum atomic E-state index is -0.264. The van der Waals surface area contributed by atoms with Crippen LogP contribution in [0.3, 0.4) is 0 Å². The zero-order chi connectivity index (χ0) is 16.7. The zero-order valence-corrected chi connectivity index (χ0v) is 14.1. The van der Waals surface area contributed by atoms with Crippen LogP contribution >= 0.6 is 0 Å². The molecule has 0 unspecified atom stereocenters. The molecule has 0 radical (unpaired) electrons. The first-order valence-corrected chi connectivity index (χ1v) is 8.44. The van der Waals surface area contributed by atoms with E-state index in [1.807, 2.05) is 44.2 Å². The normalized spacial score (nSPS) is 18.3. The summed E-state index contributed by atoms with van der Waals surface area (Å²) in [5, 5.41) is 9.16. The summed E-state index contributed by atoms with van der Waals surface area (Å²) in [6, 6.07) is 10.1. The van der Waals surface area contributed by atoms with Crippen LogP contribution in [0, 0.1) is 0 Å². The molecule has 5 nitrogen and oxygen atoms in total. The number of rotatable bonds is 7. The van der Waals surface area contributed by atoms with E-state index < -0.39 is 0 Å². The van der Waals surface area contributed by atoms with Gasteiger partial charge >= 0.3 is 6.09 Å². The Morgan fingerprint density at radius 1 is 1.39 bits per heavy atom. The molecule has 1 aromatic rings. The SMILES string of the molecule is CC(C)N(C[C@H]1CCCN1CCO)C(=O)OCc1ccccc1. The van der Waals surface area contributed by atoms with Crippen LogP contribution in [0.4, 0.5) is 4.79 Å². The van der Waals surface area contributed by atoms with Crippen LogP contribution in [0.15, 0.2) is 30.3 Å². The molecule has 1 aliphatic rings. The molecule has 0 spiro atoms. The average molecular weight is 320 g/mol. The van der Waals surface area contributed by atoms with Crippen LogP contribution in [0.1, 0.15) is 32.3 Å². The molecule has 2 rings (SSSR count). The molecule has 1 atom stereocenters. The second-order valence-electron chi connectivity index (χ2n) is 6.34. The Morgan fingerprint density at radius 2 is 2.13 bits per heavy atom. The quantitative estimate of drug-likeness (QED) is 0.838. The number of nitrogens with zero attached hydrogens (tertiary/aromatic N) is 2.